The van der Waals surface area contributed by atoms with Crippen LogP contribution in [0.1, 0.15) is 5.56 Å². The number of benzene rings is 2. The van der Waals surface area contributed by atoms with Crippen LogP contribution in [0.3, 0.4) is 0 Å². The number of rotatable bonds is 5. The van der Waals surface area contributed by atoms with Gasteiger partial charge >= 0.3 is 0 Å². The van der Waals surface area contributed by atoms with Gasteiger partial charge in [0.2, 0.25) is 0 Å². The predicted octanol–water partition coefficient (Wildman–Crippen LogP) is 3.58. The van der Waals surface area contributed by atoms with Crippen molar-refractivity contribution in [3.63, 3.8) is 0 Å². The van der Waals surface area contributed by atoms with Gasteiger partial charge in [0.25, 0.3) is 11.6 Å². The monoisotopic (exact) mass is 440 g/mol. The van der Waals surface area contributed by atoms with Gasteiger partial charge in [-0.05, 0) is 23.8 Å². The first kappa shape index (κ1) is 20.5. The molecule has 0 spiro atoms. The number of thiocarbonyl (C=S) groups is 1. The van der Waals surface area contributed by atoms with Crippen LogP contribution in [0, 0.1) is 10.1 Å². The van der Waals surface area contributed by atoms with Crippen molar-refractivity contribution in [3.8, 4) is 0 Å². The van der Waals surface area contributed by atoms with E-state index in [0.29, 0.717) is 21.5 Å². The number of amides is 1. The predicted molar refractivity (Wildman–Crippen MR) is 123 cm³/mol. The normalized spacial score (nSPS) is 19.0. The van der Waals surface area contributed by atoms with Gasteiger partial charge in [0.1, 0.15) is 4.32 Å². The Kier molecular flexibility index (Phi) is 6.12. The highest BCUT2D eigenvalue weighted by atomic mass is 32.2. The van der Waals surface area contributed by atoms with Crippen molar-refractivity contribution in [2.24, 2.45) is 0 Å². The van der Waals surface area contributed by atoms with E-state index < -0.39 is 4.92 Å². The molecule has 2 aliphatic heterocycles. The van der Waals surface area contributed by atoms with Gasteiger partial charge < -0.3 is 4.90 Å². The summed E-state index contributed by atoms with van der Waals surface area (Å²) >= 11 is 6.67. The third-order valence-electron chi connectivity index (χ3n) is 5.09. The van der Waals surface area contributed by atoms with Crippen molar-refractivity contribution in [2.45, 2.75) is 0 Å². The Hall–Kier alpha value is -2.75. The topological polar surface area (TPSA) is 69.9 Å². The van der Waals surface area contributed by atoms with E-state index in [1.165, 1.54) is 29.6 Å². The van der Waals surface area contributed by atoms with Crippen molar-refractivity contribution in [2.75, 3.05) is 37.7 Å². The second-order valence-corrected chi connectivity index (χ2v) is 8.72. The number of para-hydroxylation sites is 1. The molecule has 0 unspecified atom stereocenters. The van der Waals surface area contributed by atoms with Crippen LogP contribution in [0.2, 0.25) is 0 Å². The number of anilines is 1. The summed E-state index contributed by atoms with van der Waals surface area (Å²) in [6.07, 6.45) is 1.67. The minimum absolute atomic E-state index is 0.00415. The van der Waals surface area contributed by atoms with E-state index in [2.05, 4.69) is 21.9 Å². The summed E-state index contributed by atoms with van der Waals surface area (Å²) in [4.78, 5) is 30.1. The lowest BCUT2D eigenvalue weighted by atomic mass is 10.2. The van der Waals surface area contributed by atoms with Gasteiger partial charge in [-0.3, -0.25) is 24.7 Å². The van der Waals surface area contributed by atoms with Crippen molar-refractivity contribution in [1.82, 2.24) is 9.80 Å². The molecule has 9 heteroatoms. The second kappa shape index (κ2) is 8.95. The molecular formula is C21H20N4O3S2. The van der Waals surface area contributed by atoms with Crippen LogP contribution >= 0.6 is 24.0 Å². The Bertz CT molecular complexity index is 1000. The molecule has 0 aliphatic carbocycles. The van der Waals surface area contributed by atoms with Gasteiger partial charge in [0, 0.05) is 44.0 Å². The standard InChI is InChI=1S/C21H20N4O3S2/c26-20-19(14-16-5-4-8-18(13-16)25(27)28)30-21(29)24(20)15-22-9-11-23(12-10-22)17-6-2-1-3-7-17/h1-8,13-14H,9-12,15H2/b19-14+. The lowest BCUT2D eigenvalue weighted by Gasteiger charge is -2.37. The molecule has 2 aliphatic rings. The molecule has 0 radical (unpaired) electrons. The Morgan fingerprint density at radius 2 is 1.80 bits per heavy atom. The van der Waals surface area contributed by atoms with Gasteiger partial charge in [-0.2, -0.15) is 0 Å². The van der Waals surface area contributed by atoms with E-state index in [0.717, 1.165) is 26.2 Å². The summed E-state index contributed by atoms with van der Waals surface area (Å²) in [6, 6.07) is 16.5. The summed E-state index contributed by atoms with van der Waals surface area (Å²) in [5, 5.41) is 11.0. The number of hydrogen-bond acceptors (Lipinski definition) is 7. The zero-order valence-corrected chi connectivity index (χ0v) is 17.8. The van der Waals surface area contributed by atoms with E-state index in [1.54, 1.807) is 23.1 Å². The van der Waals surface area contributed by atoms with Gasteiger partial charge in [-0.25, -0.2) is 0 Å². The van der Waals surface area contributed by atoms with Crippen LogP contribution in [0.15, 0.2) is 59.5 Å². The molecule has 154 valence electrons. The van der Waals surface area contributed by atoms with Crippen LogP contribution < -0.4 is 4.90 Å². The molecule has 2 heterocycles. The average molecular weight is 441 g/mol. The van der Waals surface area contributed by atoms with Crippen molar-refractivity contribution < 1.29 is 9.72 Å². The lowest BCUT2D eigenvalue weighted by molar-refractivity contribution is -0.384. The average Bonchev–Trinajstić information content (AvgIpc) is 3.02. The summed E-state index contributed by atoms with van der Waals surface area (Å²) < 4.78 is 0.516. The maximum Gasteiger partial charge on any atom is 0.270 e. The van der Waals surface area contributed by atoms with E-state index >= 15 is 0 Å². The molecule has 0 N–H and O–H groups in total. The quantitative estimate of drug-likeness (QED) is 0.305. The molecule has 4 rings (SSSR count). The summed E-state index contributed by atoms with van der Waals surface area (Å²) in [7, 11) is 0. The van der Waals surface area contributed by atoms with Gasteiger partial charge in [-0.1, -0.05) is 54.3 Å². The van der Waals surface area contributed by atoms with E-state index in [1.807, 2.05) is 18.2 Å². The van der Waals surface area contributed by atoms with Crippen LogP contribution in [-0.4, -0.2) is 57.8 Å². The van der Waals surface area contributed by atoms with Gasteiger partial charge in [0.05, 0.1) is 16.5 Å². The minimum Gasteiger partial charge on any atom is -0.369 e. The Balaban J connectivity index is 1.39. The highest BCUT2D eigenvalue weighted by Gasteiger charge is 2.33. The van der Waals surface area contributed by atoms with Gasteiger partial charge in [-0.15, -0.1) is 0 Å². The SMILES string of the molecule is O=C1/C(=C\c2cccc([N+](=O)[O-])c2)SC(=S)N1CN1CCN(c2ccccc2)CC1. The Labute approximate surface area is 184 Å². The highest BCUT2D eigenvalue weighted by Crippen LogP contribution is 2.33. The number of nitrogens with zero attached hydrogens (tertiary/aromatic N) is 4. The number of carbonyl (C=O) groups excluding carboxylic acids is 1. The zero-order chi connectivity index (χ0) is 21.1. The molecule has 0 atom stereocenters. The Morgan fingerprint density at radius 1 is 1.07 bits per heavy atom. The molecule has 2 saturated heterocycles. The lowest BCUT2D eigenvalue weighted by Crippen LogP contribution is -2.50. The molecular weight excluding hydrogens is 420 g/mol. The van der Waals surface area contributed by atoms with Crippen LogP contribution in [0.25, 0.3) is 6.08 Å². The molecule has 2 aromatic rings. The number of piperazine rings is 1. The summed E-state index contributed by atoms with van der Waals surface area (Å²) in [5.41, 5.74) is 1.82. The number of non-ortho nitro benzene ring substituents is 1. The fourth-order valence-corrected chi connectivity index (χ4v) is 4.73. The molecule has 0 bridgehead atoms. The number of carbonyl (C=O) groups is 1. The molecule has 0 saturated carbocycles. The molecule has 2 aromatic carbocycles. The third kappa shape index (κ3) is 4.53. The van der Waals surface area contributed by atoms with E-state index in [-0.39, 0.29) is 11.6 Å². The largest absolute Gasteiger partial charge is 0.369 e. The molecule has 30 heavy (non-hydrogen) atoms. The number of thioether (sulfide) groups is 1. The number of nitro benzene ring substituents is 1. The molecule has 1 amide bonds. The smallest absolute Gasteiger partial charge is 0.270 e. The maximum atomic E-state index is 12.9. The van der Waals surface area contributed by atoms with Gasteiger partial charge in [0.15, 0.2) is 0 Å². The minimum atomic E-state index is -0.447. The number of nitro groups is 1. The van der Waals surface area contributed by atoms with E-state index in [9.17, 15) is 14.9 Å². The third-order valence-corrected chi connectivity index (χ3v) is 6.47. The first-order chi connectivity index (χ1) is 14.5. The van der Waals surface area contributed by atoms with Crippen molar-refractivity contribution in [3.05, 3.63) is 75.2 Å². The Morgan fingerprint density at radius 3 is 2.50 bits per heavy atom. The van der Waals surface area contributed by atoms with Crippen molar-refractivity contribution >= 4 is 51.7 Å². The highest BCUT2D eigenvalue weighted by molar-refractivity contribution is 8.26. The zero-order valence-electron chi connectivity index (χ0n) is 16.1. The number of hydrogen-bond donors (Lipinski definition) is 0. The fraction of sp³-hybridized carbons (Fsp3) is 0.238. The maximum absolute atomic E-state index is 12.9. The fourth-order valence-electron chi connectivity index (χ4n) is 3.49. The first-order valence-corrected chi connectivity index (χ1v) is 10.8. The van der Waals surface area contributed by atoms with Crippen LogP contribution in [0.5, 0.6) is 0 Å². The van der Waals surface area contributed by atoms with E-state index in [4.69, 9.17) is 12.2 Å². The molecule has 7 nitrogen and oxygen atoms in total. The summed E-state index contributed by atoms with van der Waals surface area (Å²) in [5.74, 6) is -0.151. The van der Waals surface area contributed by atoms with Crippen LogP contribution in [-0.2, 0) is 4.79 Å². The van der Waals surface area contributed by atoms with Crippen molar-refractivity contribution in [1.29, 1.82) is 0 Å². The molecule has 2 fully saturated rings. The second-order valence-electron chi connectivity index (χ2n) is 7.04. The van der Waals surface area contributed by atoms with Crippen LogP contribution in [0.4, 0.5) is 11.4 Å². The summed E-state index contributed by atoms with van der Waals surface area (Å²) in [6.45, 7) is 3.93. The first-order valence-electron chi connectivity index (χ1n) is 9.53. The molecule has 0 aromatic heterocycles.